The van der Waals surface area contributed by atoms with Crippen molar-refractivity contribution in [2.24, 2.45) is 11.8 Å². The van der Waals surface area contributed by atoms with Gasteiger partial charge >= 0.3 is 0 Å². The van der Waals surface area contributed by atoms with Crippen LogP contribution in [0.25, 0.3) is 0 Å². The number of ether oxygens (including phenoxy) is 1. The lowest BCUT2D eigenvalue weighted by Gasteiger charge is -2.21. The van der Waals surface area contributed by atoms with E-state index in [1.54, 1.807) is 6.07 Å². The molecule has 5 nitrogen and oxygen atoms in total. The normalized spacial score (nSPS) is 19.7. The van der Waals surface area contributed by atoms with Gasteiger partial charge in [0.15, 0.2) is 0 Å². The van der Waals surface area contributed by atoms with Gasteiger partial charge in [-0.2, -0.15) is 0 Å². The Bertz CT molecular complexity index is 639. The Morgan fingerprint density at radius 1 is 1.43 bits per heavy atom. The summed E-state index contributed by atoms with van der Waals surface area (Å²) < 4.78 is 33.4. The Kier molecular flexibility index (Phi) is 3.84. The maximum absolute atomic E-state index is 12.6. The Labute approximate surface area is 125 Å². The summed E-state index contributed by atoms with van der Waals surface area (Å²) in [5, 5.41) is 0. The molecule has 1 aliphatic carbocycles. The van der Waals surface area contributed by atoms with Crippen molar-refractivity contribution in [3.63, 3.8) is 0 Å². The minimum absolute atomic E-state index is 0.181. The van der Waals surface area contributed by atoms with Gasteiger partial charge in [-0.25, -0.2) is 13.1 Å². The molecule has 2 aliphatic rings. The number of nitrogens with two attached hydrogens (primary N) is 1. The van der Waals surface area contributed by atoms with E-state index in [9.17, 15) is 8.42 Å². The van der Waals surface area contributed by atoms with Crippen LogP contribution in [0.5, 0.6) is 5.75 Å². The summed E-state index contributed by atoms with van der Waals surface area (Å²) in [5.74, 6) is 1.51. The summed E-state index contributed by atoms with van der Waals surface area (Å²) in [5.41, 5.74) is 7.20. The third kappa shape index (κ3) is 3.16. The molecule has 1 heterocycles. The summed E-state index contributed by atoms with van der Waals surface area (Å²) in [6, 6.07) is 3.30. The second-order valence-electron chi connectivity index (χ2n) is 6.13. The molecular weight excluding hydrogens is 288 g/mol. The molecule has 1 aliphatic heterocycles. The van der Waals surface area contributed by atoms with E-state index < -0.39 is 10.0 Å². The fourth-order valence-electron chi connectivity index (χ4n) is 2.82. The van der Waals surface area contributed by atoms with E-state index in [1.165, 1.54) is 18.9 Å². The Morgan fingerprint density at radius 3 is 2.90 bits per heavy atom. The van der Waals surface area contributed by atoms with Crippen molar-refractivity contribution in [3.05, 3.63) is 17.7 Å². The number of hydrogen-bond donors (Lipinski definition) is 2. The molecule has 0 amide bonds. The summed E-state index contributed by atoms with van der Waals surface area (Å²) >= 11 is 0. The van der Waals surface area contributed by atoms with Crippen molar-refractivity contribution in [1.29, 1.82) is 0 Å². The van der Waals surface area contributed by atoms with Crippen LogP contribution in [-0.4, -0.2) is 21.6 Å². The molecule has 1 aromatic rings. The monoisotopic (exact) mass is 310 g/mol. The molecule has 1 fully saturated rings. The maximum atomic E-state index is 12.6. The van der Waals surface area contributed by atoms with Gasteiger partial charge in [-0.3, -0.25) is 0 Å². The molecule has 0 aromatic heterocycles. The van der Waals surface area contributed by atoms with Crippen molar-refractivity contribution in [2.45, 2.75) is 37.5 Å². The van der Waals surface area contributed by atoms with E-state index in [1.807, 2.05) is 0 Å². The average molecular weight is 310 g/mol. The van der Waals surface area contributed by atoms with Crippen molar-refractivity contribution in [1.82, 2.24) is 4.72 Å². The zero-order valence-corrected chi connectivity index (χ0v) is 13.1. The van der Waals surface area contributed by atoms with Gasteiger partial charge in [0.05, 0.1) is 6.61 Å². The van der Waals surface area contributed by atoms with Gasteiger partial charge in [0, 0.05) is 12.2 Å². The minimum Gasteiger partial charge on any atom is -0.492 e. The molecule has 1 atom stereocenters. The van der Waals surface area contributed by atoms with Gasteiger partial charge in [0.2, 0.25) is 10.0 Å². The first kappa shape index (κ1) is 14.7. The number of nitrogen functional groups attached to an aromatic ring is 1. The lowest BCUT2D eigenvalue weighted by atomic mass is 10.1. The molecule has 6 heteroatoms. The maximum Gasteiger partial charge on any atom is 0.244 e. The lowest BCUT2D eigenvalue weighted by Crippen LogP contribution is -2.30. The van der Waals surface area contributed by atoms with Crippen molar-refractivity contribution in [3.8, 4) is 5.75 Å². The minimum atomic E-state index is -3.58. The Morgan fingerprint density at radius 2 is 2.19 bits per heavy atom. The van der Waals surface area contributed by atoms with Crippen molar-refractivity contribution < 1.29 is 13.2 Å². The number of sulfonamides is 1. The molecule has 3 N–H and O–H groups in total. The number of anilines is 1. The number of aryl methyl sites for hydroxylation is 1. The Balaban J connectivity index is 1.85. The van der Waals surface area contributed by atoms with Crippen LogP contribution in [-0.2, 0) is 16.4 Å². The first-order valence-corrected chi connectivity index (χ1v) is 9.00. The van der Waals surface area contributed by atoms with E-state index >= 15 is 0 Å². The summed E-state index contributed by atoms with van der Waals surface area (Å²) in [7, 11) is -3.58. The second-order valence-corrected chi connectivity index (χ2v) is 7.86. The van der Waals surface area contributed by atoms with E-state index in [4.69, 9.17) is 10.5 Å². The largest absolute Gasteiger partial charge is 0.492 e. The summed E-state index contributed by atoms with van der Waals surface area (Å²) in [6.45, 7) is 3.11. The molecule has 0 spiro atoms. The molecule has 1 unspecified atom stereocenters. The van der Waals surface area contributed by atoms with E-state index in [2.05, 4.69) is 11.6 Å². The van der Waals surface area contributed by atoms with E-state index in [-0.39, 0.29) is 4.90 Å². The molecule has 116 valence electrons. The number of rotatable bonds is 5. The highest BCUT2D eigenvalue weighted by atomic mass is 32.2. The number of hydrogen-bond acceptors (Lipinski definition) is 4. The van der Waals surface area contributed by atoms with Gasteiger partial charge in [0.1, 0.15) is 10.6 Å². The first-order chi connectivity index (χ1) is 9.97. The first-order valence-electron chi connectivity index (χ1n) is 7.52. The molecule has 1 aromatic carbocycles. The van der Waals surface area contributed by atoms with Gasteiger partial charge in [0.25, 0.3) is 0 Å². The molecule has 0 saturated heterocycles. The van der Waals surface area contributed by atoms with Crippen molar-refractivity contribution in [2.75, 3.05) is 18.9 Å². The van der Waals surface area contributed by atoms with Gasteiger partial charge in [-0.1, -0.05) is 6.92 Å². The third-order valence-corrected chi connectivity index (χ3v) is 5.73. The highest BCUT2D eigenvalue weighted by Crippen LogP contribution is 2.37. The van der Waals surface area contributed by atoms with Crippen molar-refractivity contribution >= 4 is 15.7 Å². The quantitative estimate of drug-likeness (QED) is 0.814. The molecule has 1 saturated carbocycles. The van der Waals surface area contributed by atoms with Crippen LogP contribution in [0.3, 0.4) is 0 Å². The SMILES string of the molecule is CC(CNS(=O)(=O)c1cc(N)cc2c1OCCC2)C1CC1. The standard InChI is InChI=1S/C15H22N2O3S/c1-10(11-4-5-11)9-17-21(18,19)14-8-13(16)7-12-3-2-6-20-15(12)14/h7-8,10-11,17H,2-6,9,16H2,1H3. The molecular formula is C15H22N2O3S. The van der Waals surface area contributed by atoms with Gasteiger partial charge < -0.3 is 10.5 Å². The fourth-order valence-corrected chi connectivity index (χ4v) is 4.18. The van der Waals surface area contributed by atoms with Crippen LogP contribution in [0.1, 0.15) is 31.7 Å². The zero-order chi connectivity index (χ0) is 15.0. The fraction of sp³-hybridized carbons (Fsp3) is 0.600. The van der Waals surface area contributed by atoms with Crippen LogP contribution in [0.2, 0.25) is 0 Å². The predicted molar refractivity (Wildman–Crippen MR) is 81.7 cm³/mol. The topological polar surface area (TPSA) is 81.4 Å². The summed E-state index contributed by atoms with van der Waals surface area (Å²) in [4.78, 5) is 0.181. The highest BCUT2D eigenvalue weighted by molar-refractivity contribution is 7.89. The lowest BCUT2D eigenvalue weighted by molar-refractivity contribution is 0.280. The van der Waals surface area contributed by atoms with E-state index in [0.29, 0.717) is 36.4 Å². The van der Waals surface area contributed by atoms with Gasteiger partial charge in [-0.05, 0) is 55.2 Å². The van der Waals surface area contributed by atoms with Crippen LogP contribution in [0, 0.1) is 11.8 Å². The second kappa shape index (κ2) is 5.50. The molecule has 0 radical (unpaired) electrons. The Hall–Kier alpha value is -1.27. The number of nitrogens with one attached hydrogen (secondary N) is 1. The predicted octanol–water partition coefficient (Wildman–Crippen LogP) is 1.92. The zero-order valence-electron chi connectivity index (χ0n) is 12.3. The third-order valence-electron chi connectivity index (χ3n) is 4.30. The van der Waals surface area contributed by atoms with Crippen LogP contribution < -0.4 is 15.2 Å². The molecule has 3 rings (SSSR count). The number of benzene rings is 1. The average Bonchev–Trinajstić information content (AvgIpc) is 3.28. The van der Waals surface area contributed by atoms with E-state index in [0.717, 1.165) is 18.4 Å². The number of fused-ring (bicyclic) bond motifs is 1. The van der Waals surface area contributed by atoms with Crippen LogP contribution in [0.4, 0.5) is 5.69 Å². The molecule has 21 heavy (non-hydrogen) atoms. The molecule has 0 bridgehead atoms. The van der Waals surface area contributed by atoms with Crippen LogP contribution in [0.15, 0.2) is 17.0 Å². The summed E-state index contributed by atoms with van der Waals surface area (Å²) in [6.07, 6.45) is 4.11. The van der Waals surface area contributed by atoms with Gasteiger partial charge in [-0.15, -0.1) is 0 Å². The van der Waals surface area contributed by atoms with Crippen LogP contribution >= 0.6 is 0 Å². The smallest absolute Gasteiger partial charge is 0.244 e. The highest BCUT2D eigenvalue weighted by Gasteiger charge is 2.30.